The molecule has 7 nitrogen and oxygen atoms in total. The fourth-order valence-electron chi connectivity index (χ4n) is 2.83. The van der Waals surface area contributed by atoms with Gasteiger partial charge in [-0.15, -0.1) is 0 Å². The second-order valence-corrected chi connectivity index (χ2v) is 8.31. The van der Waals surface area contributed by atoms with E-state index in [9.17, 15) is 14.4 Å². The first kappa shape index (κ1) is 23.9. The van der Waals surface area contributed by atoms with Crippen LogP contribution < -0.4 is 16.0 Å². The van der Waals surface area contributed by atoms with Gasteiger partial charge < -0.3 is 20.7 Å². The summed E-state index contributed by atoms with van der Waals surface area (Å²) in [4.78, 5) is 35.9. The molecule has 2 aromatic carbocycles. The van der Waals surface area contributed by atoms with E-state index < -0.39 is 11.7 Å². The topological polar surface area (TPSA) is 96.5 Å². The molecular weight excluding hydrogens is 394 g/mol. The number of nitrogens with one attached hydrogen (secondary N) is 3. The number of rotatable bonds is 8. The van der Waals surface area contributed by atoms with Gasteiger partial charge in [0.15, 0.2) is 0 Å². The molecule has 2 rings (SSSR count). The van der Waals surface area contributed by atoms with E-state index in [1.54, 1.807) is 20.8 Å². The first-order chi connectivity index (χ1) is 14.6. The van der Waals surface area contributed by atoms with E-state index >= 15 is 0 Å². The second-order valence-electron chi connectivity index (χ2n) is 8.31. The van der Waals surface area contributed by atoms with Crippen LogP contribution in [0.5, 0.6) is 0 Å². The smallest absolute Gasteiger partial charge is 0.407 e. The average Bonchev–Trinajstić information content (AvgIpc) is 2.67. The normalized spacial score (nSPS) is 10.8. The van der Waals surface area contributed by atoms with Crippen molar-refractivity contribution in [3.05, 3.63) is 65.2 Å². The molecular formula is C24H31N3O4. The van der Waals surface area contributed by atoms with Gasteiger partial charge in [0, 0.05) is 25.2 Å². The molecule has 0 bridgehead atoms. The molecule has 0 spiro atoms. The first-order valence-corrected chi connectivity index (χ1v) is 10.3. The highest BCUT2D eigenvalue weighted by atomic mass is 16.6. The lowest BCUT2D eigenvalue weighted by Crippen LogP contribution is -2.35. The van der Waals surface area contributed by atoms with Crippen molar-refractivity contribution in [3.63, 3.8) is 0 Å². The van der Waals surface area contributed by atoms with E-state index in [-0.39, 0.29) is 24.8 Å². The lowest BCUT2D eigenvalue weighted by Gasteiger charge is -2.19. The van der Waals surface area contributed by atoms with Crippen LogP contribution in [0, 0.1) is 6.92 Å². The molecule has 0 aliphatic carbocycles. The zero-order chi connectivity index (χ0) is 22.9. The molecule has 0 radical (unpaired) electrons. The number of benzene rings is 2. The number of alkyl carbamates (subject to hydrolysis) is 1. The minimum atomic E-state index is -0.577. The van der Waals surface area contributed by atoms with Gasteiger partial charge in [-0.25, -0.2) is 4.79 Å². The van der Waals surface area contributed by atoms with Gasteiger partial charge >= 0.3 is 6.09 Å². The van der Waals surface area contributed by atoms with Crippen molar-refractivity contribution in [2.75, 3.05) is 11.9 Å². The fraction of sp³-hybridized carbons (Fsp3) is 0.375. The second kappa shape index (κ2) is 11.2. The van der Waals surface area contributed by atoms with Crippen LogP contribution in [0.3, 0.4) is 0 Å². The quantitative estimate of drug-likeness (QED) is 0.601. The summed E-state index contributed by atoms with van der Waals surface area (Å²) in [6.45, 7) is 7.83. The van der Waals surface area contributed by atoms with Crippen molar-refractivity contribution in [2.24, 2.45) is 0 Å². The molecule has 166 valence electrons. The van der Waals surface area contributed by atoms with Crippen molar-refractivity contribution in [3.8, 4) is 0 Å². The van der Waals surface area contributed by atoms with Gasteiger partial charge in [-0.1, -0.05) is 36.4 Å². The van der Waals surface area contributed by atoms with Crippen molar-refractivity contribution in [1.29, 1.82) is 0 Å². The third kappa shape index (κ3) is 9.33. The van der Waals surface area contributed by atoms with E-state index in [0.717, 1.165) is 16.7 Å². The van der Waals surface area contributed by atoms with Crippen molar-refractivity contribution >= 4 is 23.6 Å². The molecule has 0 unspecified atom stereocenters. The van der Waals surface area contributed by atoms with Gasteiger partial charge in [0.05, 0.1) is 6.42 Å². The minimum absolute atomic E-state index is 0.0938. The molecule has 0 atom stereocenters. The van der Waals surface area contributed by atoms with Gasteiger partial charge in [-0.2, -0.15) is 0 Å². The van der Waals surface area contributed by atoms with Crippen LogP contribution in [-0.2, 0) is 27.3 Å². The summed E-state index contributed by atoms with van der Waals surface area (Å²) >= 11 is 0. The number of carbonyl (C=O) groups excluding carboxylic acids is 3. The first-order valence-electron chi connectivity index (χ1n) is 10.3. The van der Waals surface area contributed by atoms with Gasteiger partial charge in [0.2, 0.25) is 11.8 Å². The summed E-state index contributed by atoms with van der Waals surface area (Å²) in [7, 11) is 0. The molecule has 3 amide bonds. The highest BCUT2D eigenvalue weighted by molar-refractivity contribution is 5.92. The van der Waals surface area contributed by atoms with Crippen molar-refractivity contribution in [2.45, 2.75) is 52.7 Å². The summed E-state index contributed by atoms with van der Waals surface area (Å²) in [5, 5.41) is 8.26. The number of amides is 3. The summed E-state index contributed by atoms with van der Waals surface area (Å²) in [5.74, 6) is -0.284. The molecule has 0 aromatic heterocycles. The number of ether oxygens (including phenoxy) is 1. The molecule has 0 fully saturated rings. The minimum Gasteiger partial charge on any atom is -0.444 e. The number of hydrogen-bond acceptors (Lipinski definition) is 4. The standard InChI is InChI=1S/C24H31N3O4/c1-17-8-5-6-10-19(17)15-22(29)27-20-11-7-9-18(14-20)16-26-21(28)12-13-25-23(30)31-24(2,3)4/h5-11,14H,12-13,15-16H2,1-4H3,(H,25,30)(H,26,28)(H,27,29). The molecule has 0 aliphatic rings. The van der Waals surface area contributed by atoms with E-state index in [0.29, 0.717) is 18.7 Å². The summed E-state index contributed by atoms with van der Waals surface area (Å²) in [6, 6.07) is 15.1. The Bertz CT molecular complexity index is 919. The predicted octanol–water partition coefficient (Wildman–Crippen LogP) is 3.71. The van der Waals surface area contributed by atoms with E-state index in [4.69, 9.17) is 4.74 Å². The SMILES string of the molecule is Cc1ccccc1CC(=O)Nc1cccc(CNC(=O)CCNC(=O)OC(C)(C)C)c1. The summed E-state index contributed by atoms with van der Waals surface area (Å²) < 4.78 is 5.12. The fourth-order valence-corrected chi connectivity index (χ4v) is 2.83. The highest BCUT2D eigenvalue weighted by Crippen LogP contribution is 2.13. The Hall–Kier alpha value is -3.35. The monoisotopic (exact) mass is 425 g/mol. The molecule has 3 N–H and O–H groups in total. The summed E-state index contributed by atoms with van der Waals surface area (Å²) in [5.41, 5.74) is 3.03. The van der Waals surface area contributed by atoms with Crippen LogP contribution >= 0.6 is 0 Å². The van der Waals surface area contributed by atoms with Gasteiger partial charge in [-0.3, -0.25) is 9.59 Å². The van der Waals surface area contributed by atoms with Gasteiger partial charge in [0.25, 0.3) is 0 Å². The Morgan fingerprint density at radius 2 is 1.68 bits per heavy atom. The zero-order valence-corrected chi connectivity index (χ0v) is 18.6. The van der Waals surface area contributed by atoms with Crippen LogP contribution in [-0.4, -0.2) is 30.1 Å². The average molecular weight is 426 g/mol. The molecule has 0 aliphatic heterocycles. The van der Waals surface area contributed by atoms with Crippen LogP contribution in [0.1, 0.15) is 43.9 Å². The number of carbonyl (C=O) groups is 3. The molecule has 31 heavy (non-hydrogen) atoms. The Morgan fingerprint density at radius 1 is 0.935 bits per heavy atom. The predicted molar refractivity (Wildman–Crippen MR) is 121 cm³/mol. The largest absolute Gasteiger partial charge is 0.444 e. The van der Waals surface area contributed by atoms with Crippen LogP contribution in [0.15, 0.2) is 48.5 Å². The highest BCUT2D eigenvalue weighted by Gasteiger charge is 2.15. The molecule has 0 heterocycles. The third-order valence-electron chi connectivity index (χ3n) is 4.33. The molecule has 0 saturated carbocycles. The van der Waals surface area contributed by atoms with Crippen LogP contribution in [0.2, 0.25) is 0 Å². The molecule has 7 heteroatoms. The number of aryl methyl sites for hydroxylation is 1. The Morgan fingerprint density at radius 3 is 2.39 bits per heavy atom. The number of anilines is 1. The van der Waals surface area contributed by atoms with E-state index in [1.165, 1.54) is 0 Å². The van der Waals surface area contributed by atoms with Gasteiger partial charge in [-0.05, 0) is 56.5 Å². The maximum absolute atomic E-state index is 12.3. The molecule has 0 saturated heterocycles. The summed E-state index contributed by atoms with van der Waals surface area (Å²) in [6.07, 6.45) is -0.0980. The molecule has 2 aromatic rings. The maximum Gasteiger partial charge on any atom is 0.407 e. The Kier molecular flexibility index (Phi) is 8.61. The van der Waals surface area contributed by atoms with Crippen LogP contribution in [0.25, 0.3) is 0 Å². The third-order valence-corrected chi connectivity index (χ3v) is 4.33. The van der Waals surface area contributed by atoms with Crippen molar-refractivity contribution in [1.82, 2.24) is 10.6 Å². The van der Waals surface area contributed by atoms with E-state index in [2.05, 4.69) is 16.0 Å². The Labute approximate surface area is 183 Å². The van der Waals surface area contributed by atoms with Crippen LogP contribution in [0.4, 0.5) is 10.5 Å². The Balaban J connectivity index is 1.76. The van der Waals surface area contributed by atoms with E-state index in [1.807, 2.05) is 55.5 Å². The lowest BCUT2D eigenvalue weighted by atomic mass is 10.1. The van der Waals surface area contributed by atoms with Gasteiger partial charge in [0.1, 0.15) is 5.60 Å². The van der Waals surface area contributed by atoms with Crippen molar-refractivity contribution < 1.29 is 19.1 Å². The lowest BCUT2D eigenvalue weighted by molar-refractivity contribution is -0.121. The number of hydrogen-bond donors (Lipinski definition) is 3. The maximum atomic E-state index is 12.3. The zero-order valence-electron chi connectivity index (χ0n) is 18.6.